The summed E-state index contributed by atoms with van der Waals surface area (Å²) < 4.78 is 0. The number of hydrogen-bond donors (Lipinski definition) is 1. The fourth-order valence-corrected chi connectivity index (χ4v) is 3.53. The largest absolute Gasteiger partial charge is 0.373 e. The van der Waals surface area contributed by atoms with Crippen LogP contribution < -0.4 is 10.2 Å². The molecule has 4 nitrogen and oxygen atoms in total. The van der Waals surface area contributed by atoms with Crippen LogP contribution in [0.5, 0.6) is 0 Å². The van der Waals surface area contributed by atoms with Gasteiger partial charge in [0, 0.05) is 25.2 Å². The van der Waals surface area contributed by atoms with E-state index in [-0.39, 0.29) is 0 Å². The van der Waals surface area contributed by atoms with Crippen LogP contribution in [0.3, 0.4) is 0 Å². The molecule has 2 aliphatic rings. The Kier molecular flexibility index (Phi) is 3.10. The average molecular weight is 246 g/mol. The number of anilines is 2. The predicted octanol–water partition coefficient (Wildman–Crippen LogP) is 2.46. The van der Waals surface area contributed by atoms with E-state index in [9.17, 15) is 0 Å². The summed E-state index contributed by atoms with van der Waals surface area (Å²) in [6.45, 7) is 3.41. The van der Waals surface area contributed by atoms with E-state index in [1.165, 1.54) is 37.2 Å². The minimum Gasteiger partial charge on any atom is -0.373 e. The van der Waals surface area contributed by atoms with E-state index < -0.39 is 0 Å². The number of nitrogens with one attached hydrogen (secondary N) is 1. The molecule has 1 saturated heterocycles. The van der Waals surface area contributed by atoms with Gasteiger partial charge in [-0.05, 0) is 31.6 Å². The molecule has 1 aliphatic heterocycles. The highest BCUT2D eigenvalue weighted by molar-refractivity contribution is 5.60. The maximum absolute atomic E-state index is 4.58. The summed E-state index contributed by atoms with van der Waals surface area (Å²) in [4.78, 5) is 11.5. The molecule has 2 bridgehead atoms. The molecule has 3 rings (SSSR count). The fraction of sp³-hybridized carbons (Fsp3) is 0.714. The minimum absolute atomic E-state index is 0.727. The highest BCUT2D eigenvalue weighted by Gasteiger charge is 2.39. The van der Waals surface area contributed by atoms with Gasteiger partial charge in [0.2, 0.25) is 0 Å². The first kappa shape index (κ1) is 11.8. The molecule has 2 unspecified atom stereocenters. The number of piperidine rings is 1. The summed E-state index contributed by atoms with van der Waals surface area (Å²) in [5.74, 6) is 3.09. The molecule has 1 aliphatic carbocycles. The fourth-order valence-electron chi connectivity index (χ4n) is 3.53. The van der Waals surface area contributed by atoms with Crippen LogP contribution in [0.25, 0.3) is 0 Å². The van der Waals surface area contributed by atoms with Gasteiger partial charge in [0.15, 0.2) is 0 Å². The lowest BCUT2D eigenvalue weighted by atomic mass is 10.1. The zero-order chi connectivity index (χ0) is 12.5. The van der Waals surface area contributed by atoms with Crippen LogP contribution in [0, 0.1) is 5.92 Å². The molecule has 0 spiro atoms. The lowest BCUT2D eigenvalue weighted by Gasteiger charge is -2.30. The van der Waals surface area contributed by atoms with Crippen molar-refractivity contribution in [3.8, 4) is 0 Å². The van der Waals surface area contributed by atoms with Crippen molar-refractivity contribution in [2.75, 3.05) is 23.8 Å². The molecule has 1 saturated carbocycles. The van der Waals surface area contributed by atoms with Crippen molar-refractivity contribution in [3.05, 3.63) is 11.9 Å². The van der Waals surface area contributed by atoms with Gasteiger partial charge in [0.1, 0.15) is 18.0 Å². The molecular formula is C14H22N4. The topological polar surface area (TPSA) is 41.1 Å². The molecule has 4 heteroatoms. The van der Waals surface area contributed by atoms with Gasteiger partial charge in [-0.3, -0.25) is 0 Å². The second-order valence-electron chi connectivity index (χ2n) is 5.51. The third-order valence-electron chi connectivity index (χ3n) is 4.34. The van der Waals surface area contributed by atoms with Crippen LogP contribution >= 0.6 is 0 Å². The number of nitrogens with zero attached hydrogens (tertiary/aromatic N) is 3. The Hall–Kier alpha value is -1.32. The van der Waals surface area contributed by atoms with E-state index in [1.807, 2.05) is 7.05 Å². The summed E-state index contributed by atoms with van der Waals surface area (Å²) in [6, 6.07) is 0.727. The smallest absolute Gasteiger partial charge is 0.137 e. The molecule has 1 aromatic rings. The second kappa shape index (κ2) is 4.75. The molecule has 18 heavy (non-hydrogen) atoms. The van der Waals surface area contributed by atoms with Crippen molar-refractivity contribution in [2.24, 2.45) is 5.92 Å². The molecule has 0 amide bonds. The van der Waals surface area contributed by atoms with Gasteiger partial charge < -0.3 is 10.2 Å². The molecule has 2 atom stereocenters. The SMILES string of the molecule is CCCc1c(NC)ncnc1N1CC2CCC1C2. The summed E-state index contributed by atoms with van der Waals surface area (Å²) >= 11 is 0. The Morgan fingerprint density at radius 2 is 2.28 bits per heavy atom. The van der Waals surface area contributed by atoms with Crippen LogP contribution in [-0.4, -0.2) is 29.6 Å². The normalized spacial score (nSPS) is 25.8. The summed E-state index contributed by atoms with van der Waals surface area (Å²) in [6.07, 6.45) is 8.01. The van der Waals surface area contributed by atoms with Gasteiger partial charge in [0.05, 0.1) is 0 Å². The van der Waals surface area contributed by atoms with Crippen LogP contribution in [0.1, 0.15) is 38.2 Å². The van der Waals surface area contributed by atoms with Crippen LogP contribution in [0.15, 0.2) is 6.33 Å². The zero-order valence-corrected chi connectivity index (χ0v) is 11.3. The Morgan fingerprint density at radius 3 is 2.89 bits per heavy atom. The van der Waals surface area contributed by atoms with E-state index >= 15 is 0 Å². The highest BCUT2D eigenvalue weighted by atomic mass is 15.3. The molecule has 1 aromatic heterocycles. The third kappa shape index (κ3) is 1.84. The Bertz CT molecular complexity index is 432. The predicted molar refractivity (Wildman–Crippen MR) is 74.0 cm³/mol. The summed E-state index contributed by atoms with van der Waals surface area (Å²) in [5, 5.41) is 3.21. The number of fused-ring (bicyclic) bond motifs is 2. The molecule has 2 heterocycles. The molecule has 2 fully saturated rings. The number of hydrogen-bond acceptors (Lipinski definition) is 4. The average Bonchev–Trinajstić information content (AvgIpc) is 3.01. The van der Waals surface area contributed by atoms with E-state index in [0.29, 0.717) is 0 Å². The highest BCUT2D eigenvalue weighted by Crippen LogP contribution is 2.41. The molecule has 0 aromatic carbocycles. The zero-order valence-electron chi connectivity index (χ0n) is 11.3. The van der Waals surface area contributed by atoms with Gasteiger partial charge >= 0.3 is 0 Å². The van der Waals surface area contributed by atoms with Crippen LogP contribution in [-0.2, 0) is 6.42 Å². The molecular weight excluding hydrogens is 224 g/mol. The lowest BCUT2D eigenvalue weighted by molar-refractivity contribution is 0.548. The summed E-state index contributed by atoms with van der Waals surface area (Å²) in [5.41, 5.74) is 1.30. The number of aromatic nitrogens is 2. The van der Waals surface area contributed by atoms with E-state index in [2.05, 4.69) is 27.1 Å². The molecule has 98 valence electrons. The summed E-state index contributed by atoms with van der Waals surface area (Å²) in [7, 11) is 1.95. The van der Waals surface area contributed by atoms with E-state index in [0.717, 1.165) is 30.6 Å². The van der Waals surface area contributed by atoms with Gasteiger partial charge in [0.25, 0.3) is 0 Å². The molecule has 0 radical (unpaired) electrons. The first-order valence-corrected chi connectivity index (χ1v) is 7.11. The van der Waals surface area contributed by atoms with Crippen LogP contribution in [0.4, 0.5) is 11.6 Å². The van der Waals surface area contributed by atoms with Gasteiger partial charge in [-0.15, -0.1) is 0 Å². The second-order valence-corrected chi connectivity index (χ2v) is 5.51. The van der Waals surface area contributed by atoms with Gasteiger partial charge in [-0.25, -0.2) is 9.97 Å². The monoisotopic (exact) mass is 246 g/mol. The lowest BCUT2D eigenvalue weighted by Crippen LogP contribution is -2.33. The van der Waals surface area contributed by atoms with Gasteiger partial charge in [-0.1, -0.05) is 13.3 Å². The quantitative estimate of drug-likeness (QED) is 0.886. The first-order valence-electron chi connectivity index (χ1n) is 7.11. The van der Waals surface area contributed by atoms with Crippen molar-refractivity contribution < 1.29 is 0 Å². The van der Waals surface area contributed by atoms with Crippen LogP contribution in [0.2, 0.25) is 0 Å². The third-order valence-corrected chi connectivity index (χ3v) is 4.34. The van der Waals surface area contributed by atoms with Crippen molar-refractivity contribution in [1.29, 1.82) is 0 Å². The van der Waals surface area contributed by atoms with Crippen molar-refractivity contribution >= 4 is 11.6 Å². The standard InChI is InChI=1S/C14H22N4/c1-3-4-12-13(15-2)16-9-17-14(12)18-8-10-5-6-11(18)7-10/h9-11H,3-8H2,1-2H3,(H,15,16,17). The minimum atomic E-state index is 0.727. The maximum atomic E-state index is 4.58. The Labute approximate surface area is 109 Å². The van der Waals surface area contributed by atoms with E-state index in [4.69, 9.17) is 0 Å². The molecule has 1 N–H and O–H groups in total. The Balaban J connectivity index is 1.95. The van der Waals surface area contributed by atoms with E-state index in [1.54, 1.807) is 6.33 Å². The van der Waals surface area contributed by atoms with Crippen molar-refractivity contribution in [1.82, 2.24) is 9.97 Å². The van der Waals surface area contributed by atoms with Crippen molar-refractivity contribution in [2.45, 2.75) is 45.1 Å². The maximum Gasteiger partial charge on any atom is 0.137 e. The van der Waals surface area contributed by atoms with Crippen molar-refractivity contribution in [3.63, 3.8) is 0 Å². The number of rotatable bonds is 4. The first-order chi connectivity index (χ1) is 8.83. The Morgan fingerprint density at radius 1 is 1.39 bits per heavy atom. The van der Waals surface area contributed by atoms with Gasteiger partial charge in [-0.2, -0.15) is 0 Å².